The van der Waals surface area contributed by atoms with Crippen LogP contribution >= 0.6 is 0 Å². The summed E-state index contributed by atoms with van der Waals surface area (Å²) in [6, 6.07) is 8.90. The largest absolute Gasteiger partial charge is 0.417 e. The third-order valence-electron chi connectivity index (χ3n) is 7.10. The van der Waals surface area contributed by atoms with E-state index in [2.05, 4.69) is 38.1 Å². The lowest BCUT2D eigenvalue weighted by Crippen LogP contribution is -2.48. The lowest BCUT2D eigenvalue weighted by molar-refractivity contribution is -0.137. The number of aryl methyl sites for hydroxylation is 1. The van der Waals surface area contributed by atoms with Crippen molar-refractivity contribution in [1.29, 1.82) is 5.26 Å². The number of nitrogens with zero attached hydrogens (tertiary/aromatic N) is 9. The minimum atomic E-state index is -4.54. The molecule has 5 aromatic rings. The van der Waals surface area contributed by atoms with Gasteiger partial charge in [0.25, 0.3) is 5.91 Å². The molecule has 214 valence electrons. The van der Waals surface area contributed by atoms with Gasteiger partial charge in [0.2, 0.25) is 0 Å². The molecule has 0 radical (unpaired) electrons. The lowest BCUT2D eigenvalue weighted by Gasteiger charge is -2.34. The predicted molar refractivity (Wildman–Crippen MR) is 150 cm³/mol. The number of carbonyl (C=O) groups is 1. The summed E-state index contributed by atoms with van der Waals surface area (Å²) in [7, 11) is 1.84. The van der Waals surface area contributed by atoms with E-state index in [1.165, 1.54) is 12.4 Å². The molecule has 0 saturated carbocycles. The molecule has 6 rings (SSSR count). The van der Waals surface area contributed by atoms with E-state index >= 15 is 0 Å². The molecule has 0 unspecified atom stereocenters. The molecule has 1 saturated heterocycles. The van der Waals surface area contributed by atoms with Crippen LogP contribution in [-0.2, 0) is 18.0 Å². The highest BCUT2D eigenvalue weighted by atomic mass is 19.4. The fourth-order valence-corrected chi connectivity index (χ4v) is 4.89. The summed E-state index contributed by atoms with van der Waals surface area (Å²) < 4.78 is 42.1. The van der Waals surface area contributed by atoms with Crippen LogP contribution in [0.3, 0.4) is 0 Å². The van der Waals surface area contributed by atoms with E-state index in [9.17, 15) is 23.2 Å². The van der Waals surface area contributed by atoms with Crippen molar-refractivity contribution in [2.45, 2.75) is 6.18 Å². The van der Waals surface area contributed by atoms with Gasteiger partial charge in [-0.1, -0.05) is 5.92 Å². The highest BCUT2D eigenvalue weighted by molar-refractivity contribution is 5.94. The number of nitriles is 1. The Hall–Kier alpha value is -5.69. The third kappa shape index (κ3) is 5.61. The summed E-state index contributed by atoms with van der Waals surface area (Å²) in [5.74, 6) is 5.18. The lowest BCUT2D eigenvalue weighted by atomic mass is 10.0. The van der Waals surface area contributed by atoms with E-state index in [1.807, 2.05) is 42.5 Å². The monoisotopic (exact) mass is 581 g/mol. The maximum absolute atomic E-state index is 12.9. The van der Waals surface area contributed by atoms with Crippen LogP contribution in [0.15, 0.2) is 67.6 Å². The molecular weight excluding hydrogens is 559 g/mol. The second kappa shape index (κ2) is 10.9. The zero-order valence-corrected chi connectivity index (χ0v) is 22.7. The molecule has 1 aliphatic rings. The van der Waals surface area contributed by atoms with Gasteiger partial charge in [-0.2, -0.15) is 28.6 Å². The Kier molecular flexibility index (Phi) is 7.00. The van der Waals surface area contributed by atoms with Gasteiger partial charge < -0.3 is 9.80 Å². The van der Waals surface area contributed by atoms with Gasteiger partial charge in [-0.25, -0.2) is 9.50 Å². The van der Waals surface area contributed by atoms with Gasteiger partial charge in [0.1, 0.15) is 11.9 Å². The first-order chi connectivity index (χ1) is 20.7. The van der Waals surface area contributed by atoms with E-state index in [4.69, 9.17) is 0 Å². The number of halogens is 3. The number of piperazine rings is 1. The predicted octanol–water partition coefficient (Wildman–Crippen LogP) is 3.78. The number of amides is 1. The second-order valence-electron chi connectivity index (χ2n) is 9.90. The van der Waals surface area contributed by atoms with E-state index in [-0.39, 0.29) is 5.56 Å². The first kappa shape index (κ1) is 27.5. The Morgan fingerprint density at radius 2 is 1.74 bits per heavy atom. The van der Waals surface area contributed by atoms with Crippen LogP contribution in [-0.4, -0.2) is 66.3 Å². The van der Waals surface area contributed by atoms with Gasteiger partial charge in [0.05, 0.1) is 29.0 Å². The van der Waals surface area contributed by atoms with Crippen molar-refractivity contribution in [3.63, 3.8) is 0 Å². The molecule has 1 amide bonds. The molecule has 0 spiro atoms. The fourth-order valence-electron chi connectivity index (χ4n) is 4.89. The number of anilines is 1. The van der Waals surface area contributed by atoms with Crippen LogP contribution in [0.1, 0.15) is 16.7 Å². The number of rotatable bonds is 3. The number of fused-ring (bicyclic) bond motifs is 1. The van der Waals surface area contributed by atoms with Crippen LogP contribution in [0.4, 0.5) is 19.0 Å². The van der Waals surface area contributed by atoms with Crippen molar-refractivity contribution in [1.82, 2.24) is 34.3 Å². The Morgan fingerprint density at radius 3 is 2.42 bits per heavy atom. The van der Waals surface area contributed by atoms with Crippen molar-refractivity contribution in [2.75, 3.05) is 31.1 Å². The molecule has 0 aliphatic carbocycles. The number of pyridine rings is 3. The molecule has 1 aliphatic heterocycles. The Morgan fingerprint density at radius 1 is 0.930 bits per heavy atom. The first-order valence-electron chi connectivity index (χ1n) is 13.1. The first-order valence-corrected chi connectivity index (χ1v) is 13.1. The van der Waals surface area contributed by atoms with Gasteiger partial charge >= 0.3 is 6.18 Å². The molecule has 6 heterocycles. The molecule has 1 fully saturated rings. The van der Waals surface area contributed by atoms with Gasteiger partial charge in [-0.05, 0) is 24.3 Å². The topological polar surface area (TPSA) is 108 Å². The molecule has 0 N–H and O–H groups in total. The van der Waals surface area contributed by atoms with E-state index in [1.54, 1.807) is 26.5 Å². The molecule has 43 heavy (non-hydrogen) atoms. The summed E-state index contributed by atoms with van der Waals surface area (Å²) >= 11 is 0. The van der Waals surface area contributed by atoms with Crippen molar-refractivity contribution >= 4 is 17.2 Å². The zero-order valence-electron chi connectivity index (χ0n) is 22.7. The fraction of sp³-hybridized carbons (Fsp3) is 0.200. The van der Waals surface area contributed by atoms with Crippen molar-refractivity contribution in [3.8, 4) is 40.2 Å². The van der Waals surface area contributed by atoms with Crippen LogP contribution in [0.2, 0.25) is 0 Å². The molecule has 10 nitrogen and oxygen atoms in total. The molecular formula is C30H22F3N9O. The summed E-state index contributed by atoms with van der Waals surface area (Å²) in [6.45, 7) is 1.78. The van der Waals surface area contributed by atoms with Crippen molar-refractivity contribution < 1.29 is 18.0 Å². The Balaban J connectivity index is 1.17. The average molecular weight is 582 g/mol. The highest BCUT2D eigenvalue weighted by Gasteiger charge is 2.31. The smallest absolute Gasteiger partial charge is 0.353 e. The number of aromatic nitrogens is 6. The van der Waals surface area contributed by atoms with Gasteiger partial charge in [-0.3, -0.25) is 14.5 Å². The van der Waals surface area contributed by atoms with Crippen LogP contribution in [0.25, 0.3) is 27.8 Å². The summed E-state index contributed by atoms with van der Waals surface area (Å²) in [5, 5.41) is 18.3. The molecule has 0 aromatic carbocycles. The normalized spacial score (nSPS) is 13.5. The number of alkyl halides is 3. The van der Waals surface area contributed by atoms with Crippen LogP contribution in [0, 0.1) is 23.2 Å². The summed E-state index contributed by atoms with van der Waals surface area (Å²) in [6.07, 6.45) is 6.18. The highest BCUT2D eigenvalue weighted by Crippen LogP contribution is 2.32. The van der Waals surface area contributed by atoms with Crippen molar-refractivity contribution in [2.24, 2.45) is 7.05 Å². The molecule has 13 heteroatoms. The second-order valence-corrected chi connectivity index (χ2v) is 9.90. The quantitative estimate of drug-likeness (QED) is 0.299. The number of carbonyl (C=O) groups excluding carboxylic acids is 1. The van der Waals surface area contributed by atoms with Gasteiger partial charge in [-0.15, -0.1) is 0 Å². The summed E-state index contributed by atoms with van der Waals surface area (Å²) in [5.41, 5.74) is 3.65. The molecule has 0 bridgehead atoms. The van der Waals surface area contributed by atoms with E-state index < -0.39 is 17.6 Å². The standard InChI is InChI=1S/C30H22F3N9O/c1-39-18-24(16-37-39)22-11-26(29-23(12-34)15-38-42(29)19-22)21-3-4-27(36-14-21)40-6-8-41(9-7-40)28(43)5-2-20-10-25(17-35-13-20)30(31,32)33/h3-4,10-11,13-19H,6-9H2,1H3. The van der Waals surface area contributed by atoms with Crippen LogP contribution < -0.4 is 4.90 Å². The van der Waals surface area contributed by atoms with E-state index in [0.717, 1.165) is 34.1 Å². The van der Waals surface area contributed by atoms with Crippen molar-refractivity contribution in [3.05, 3.63) is 84.3 Å². The van der Waals surface area contributed by atoms with Gasteiger partial charge in [0, 0.05) is 97.9 Å². The maximum Gasteiger partial charge on any atom is 0.417 e. The Bertz CT molecular complexity index is 1930. The van der Waals surface area contributed by atoms with E-state index in [0.29, 0.717) is 43.5 Å². The molecule has 0 atom stereocenters. The third-order valence-corrected chi connectivity index (χ3v) is 7.10. The van der Waals surface area contributed by atoms with Crippen LogP contribution in [0.5, 0.6) is 0 Å². The molecule has 5 aromatic heterocycles. The minimum Gasteiger partial charge on any atom is -0.353 e. The average Bonchev–Trinajstić information content (AvgIpc) is 3.65. The zero-order chi connectivity index (χ0) is 30.1. The van der Waals surface area contributed by atoms with Gasteiger partial charge in [0.15, 0.2) is 0 Å². The minimum absolute atomic E-state index is 0.0205. The number of hydrogen-bond donors (Lipinski definition) is 0. The summed E-state index contributed by atoms with van der Waals surface area (Å²) in [4.78, 5) is 24.4. The number of hydrogen-bond acceptors (Lipinski definition) is 7. The Labute approximate surface area is 243 Å². The maximum atomic E-state index is 12.9. The SMILES string of the molecule is Cn1cc(-c2cc(-c3ccc(N4CCN(C(=O)C#Cc5cncc(C(F)(F)F)c5)CC4)nc3)c3c(C#N)cnn3c2)cn1.